The second-order valence-electron chi connectivity index (χ2n) is 10.5. The van der Waals surface area contributed by atoms with E-state index < -0.39 is 22.6 Å². The van der Waals surface area contributed by atoms with Crippen LogP contribution in [0.15, 0.2) is 25.3 Å². The highest BCUT2D eigenvalue weighted by atomic mass is 32.2. The third-order valence-corrected chi connectivity index (χ3v) is 10.3. The van der Waals surface area contributed by atoms with Crippen LogP contribution in [0.25, 0.3) is 0 Å². The molecule has 3 rings (SSSR count). The van der Waals surface area contributed by atoms with Gasteiger partial charge in [-0.1, -0.05) is 32.4 Å². The Balaban J connectivity index is 1.98. The molecule has 3 heterocycles. The molecule has 0 aromatic rings. The molecule has 4 unspecified atom stereocenters. The van der Waals surface area contributed by atoms with Crippen LogP contribution < -0.4 is 0 Å². The van der Waals surface area contributed by atoms with E-state index in [1.807, 2.05) is 4.90 Å². The lowest BCUT2D eigenvalue weighted by Crippen LogP contribution is -2.58. The Morgan fingerprint density at radius 2 is 2.06 bits per heavy atom. The third-order valence-electron chi connectivity index (χ3n) is 8.20. The van der Waals surface area contributed by atoms with Crippen LogP contribution in [-0.2, 0) is 19.1 Å². The number of rotatable bonds is 15. The normalized spacial score (nSPS) is 31.3. The van der Waals surface area contributed by atoms with Crippen molar-refractivity contribution in [2.24, 2.45) is 17.8 Å². The Kier molecular flexibility index (Phi) is 10.1. The first kappa shape index (κ1) is 28.8. The fraction of sp³-hybridized carbons (Fsp3) is 0.750. The fourth-order valence-electron chi connectivity index (χ4n) is 6.56. The van der Waals surface area contributed by atoms with Gasteiger partial charge in [0.15, 0.2) is 0 Å². The molecule has 0 saturated carbocycles. The second-order valence-corrected chi connectivity index (χ2v) is 12.1. The number of thioether (sulfide) groups is 1. The summed E-state index contributed by atoms with van der Waals surface area (Å²) in [5.41, 5.74) is 0. The van der Waals surface area contributed by atoms with Gasteiger partial charge in [0, 0.05) is 31.0 Å². The number of aliphatic hydroxyl groups excluding tert-OH is 1. The molecular formula is C28H44N2O5S. The van der Waals surface area contributed by atoms with Crippen LogP contribution in [0.3, 0.4) is 0 Å². The maximum atomic E-state index is 14.3. The summed E-state index contributed by atoms with van der Waals surface area (Å²) >= 11 is 1.68. The second kappa shape index (κ2) is 12.6. The average molecular weight is 521 g/mol. The van der Waals surface area contributed by atoms with Crippen molar-refractivity contribution in [3.8, 4) is 0 Å². The lowest BCUT2D eigenvalue weighted by atomic mass is 9.66. The number of aliphatic hydroxyl groups is 1. The number of allylic oxidation sites excluding steroid dienone is 1. The molecule has 0 aromatic heterocycles. The highest BCUT2D eigenvalue weighted by Crippen LogP contribution is 2.68. The highest BCUT2D eigenvalue weighted by molar-refractivity contribution is 8.02. The van der Waals surface area contributed by atoms with Crippen LogP contribution in [0, 0.1) is 17.8 Å². The largest absolute Gasteiger partial charge is 0.465 e. The lowest BCUT2D eigenvalue weighted by molar-refractivity contribution is -0.154. The molecule has 2 bridgehead atoms. The summed E-state index contributed by atoms with van der Waals surface area (Å²) in [5, 5.41) is 9.34. The Bertz CT molecular complexity index is 835. The van der Waals surface area contributed by atoms with Gasteiger partial charge in [-0.3, -0.25) is 14.4 Å². The van der Waals surface area contributed by atoms with E-state index in [4.69, 9.17) is 4.74 Å². The molecule has 3 aliphatic heterocycles. The molecule has 7 nitrogen and oxygen atoms in total. The number of unbranched alkanes of at least 4 members (excludes halogenated alkanes) is 2. The van der Waals surface area contributed by atoms with Crippen molar-refractivity contribution in [1.82, 2.24) is 9.80 Å². The SMILES string of the molecule is C=CCCCOC(=O)[C@@H]1[C@H]2C(=O)N(CCCCO)C(C(=O)N(CC=C)C(C)CCC)C23S[C@@H]1CC3C. The van der Waals surface area contributed by atoms with Gasteiger partial charge >= 0.3 is 5.97 Å². The molecule has 8 heteroatoms. The van der Waals surface area contributed by atoms with Crippen LogP contribution in [0.1, 0.15) is 65.7 Å². The van der Waals surface area contributed by atoms with E-state index in [0.717, 1.165) is 25.7 Å². The van der Waals surface area contributed by atoms with Crippen molar-refractivity contribution in [2.45, 2.75) is 87.8 Å². The predicted molar refractivity (Wildman–Crippen MR) is 143 cm³/mol. The molecule has 36 heavy (non-hydrogen) atoms. The molecule has 3 fully saturated rings. The Morgan fingerprint density at radius 3 is 2.69 bits per heavy atom. The van der Waals surface area contributed by atoms with Crippen LogP contribution >= 0.6 is 11.8 Å². The van der Waals surface area contributed by atoms with Crippen molar-refractivity contribution in [2.75, 3.05) is 26.3 Å². The van der Waals surface area contributed by atoms with Crippen LogP contribution in [-0.4, -0.2) is 81.1 Å². The lowest BCUT2D eigenvalue weighted by Gasteiger charge is -2.41. The summed E-state index contributed by atoms with van der Waals surface area (Å²) in [6.45, 7) is 15.0. The predicted octanol–water partition coefficient (Wildman–Crippen LogP) is 3.81. The summed E-state index contributed by atoms with van der Waals surface area (Å²) in [6.07, 6.45) is 8.81. The van der Waals surface area contributed by atoms with Crippen molar-refractivity contribution in [3.05, 3.63) is 25.3 Å². The zero-order chi connectivity index (χ0) is 26.5. The number of carbonyl (C=O) groups excluding carboxylic acids is 3. The molecular weight excluding hydrogens is 476 g/mol. The smallest absolute Gasteiger partial charge is 0.310 e. The first-order chi connectivity index (χ1) is 17.3. The van der Waals surface area contributed by atoms with E-state index in [1.54, 1.807) is 28.8 Å². The summed E-state index contributed by atoms with van der Waals surface area (Å²) in [6, 6.07) is -0.605. The Hall–Kier alpha value is -1.80. The summed E-state index contributed by atoms with van der Waals surface area (Å²) in [7, 11) is 0. The first-order valence-corrected chi connectivity index (χ1v) is 14.5. The number of nitrogens with zero attached hydrogens (tertiary/aromatic N) is 2. The zero-order valence-electron chi connectivity index (χ0n) is 22.2. The maximum Gasteiger partial charge on any atom is 0.310 e. The number of hydrogen-bond donors (Lipinski definition) is 1. The number of fused-ring (bicyclic) bond motifs is 1. The van der Waals surface area contributed by atoms with Gasteiger partial charge in [0.25, 0.3) is 0 Å². The van der Waals surface area contributed by atoms with Crippen LogP contribution in [0.4, 0.5) is 0 Å². The van der Waals surface area contributed by atoms with Crippen molar-refractivity contribution in [1.29, 1.82) is 0 Å². The number of ether oxygens (including phenoxy) is 1. The molecule has 3 aliphatic rings. The quantitative estimate of drug-likeness (QED) is 0.201. The van der Waals surface area contributed by atoms with E-state index in [2.05, 4.69) is 33.9 Å². The van der Waals surface area contributed by atoms with Crippen molar-refractivity contribution in [3.63, 3.8) is 0 Å². The molecule has 1 N–H and O–H groups in total. The Morgan fingerprint density at radius 1 is 1.31 bits per heavy atom. The zero-order valence-corrected chi connectivity index (χ0v) is 23.0. The standard InChI is InChI=1S/C28H44N2O5S/c1-6-9-12-17-35-27(34)22-21-18-19(4)28(36-21)23(22)25(32)30(15-10-11-16-31)24(28)26(33)29(14-8-3)20(5)13-7-2/h6,8,19-24,31H,1,3,7,9-18H2,2,4-5H3/t19?,20?,21-,22+,23+,24?,28?/m1/s1. The maximum absolute atomic E-state index is 14.3. The number of likely N-dealkylation sites (tertiary alicyclic amines) is 1. The number of carbonyl (C=O) groups is 3. The van der Waals surface area contributed by atoms with Crippen LogP contribution in [0.5, 0.6) is 0 Å². The number of esters is 1. The summed E-state index contributed by atoms with van der Waals surface area (Å²) in [4.78, 5) is 45.3. The monoisotopic (exact) mass is 520 g/mol. The van der Waals surface area contributed by atoms with Crippen molar-refractivity contribution < 1.29 is 24.2 Å². The summed E-state index contributed by atoms with van der Waals surface area (Å²) in [5.74, 6) is -1.43. The molecule has 0 aliphatic carbocycles. The molecule has 7 atom stereocenters. The molecule has 3 saturated heterocycles. The molecule has 202 valence electrons. The minimum atomic E-state index is -0.645. The molecule has 0 radical (unpaired) electrons. The first-order valence-electron chi connectivity index (χ1n) is 13.6. The number of amides is 2. The van der Waals surface area contributed by atoms with Gasteiger partial charge < -0.3 is 19.6 Å². The van der Waals surface area contributed by atoms with Gasteiger partial charge in [-0.25, -0.2) is 0 Å². The van der Waals surface area contributed by atoms with E-state index in [-0.39, 0.29) is 41.6 Å². The van der Waals surface area contributed by atoms with E-state index in [0.29, 0.717) is 39.0 Å². The molecule has 2 amide bonds. The van der Waals surface area contributed by atoms with E-state index in [1.165, 1.54) is 0 Å². The van der Waals surface area contributed by atoms with E-state index >= 15 is 0 Å². The summed E-state index contributed by atoms with van der Waals surface area (Å²) < 4.78 is 5.00. The number of hydrogen-bond acceptors (Lipinski definition) is 6. The third kappa shape index (κ3) is 5.13. The van der Waals surface area contributed by atoms with Crippen LogP contribution in [0.2, 0.25) is 0 Å². The molecule has 1 spiro atoms. The fourth-order valence-corrected chi connectivity index (χ4v) is 8.96. The minimum absolute atomic E-state index is 0.0170. The topological polar surface area (TPSA) is 87.1 Å². The molecule has 0 aromatic carbocycles. The highest BCUT2D eigenvalue weighted by Gasteiger charge is 2.76. The average Bonchev–Trinajstić information content (AvgIpc) is 3.44. The van der Waals surface area contributed by atoms with Gasteiger partial charge in [0.05, 0.1) is 23.2 Å². The Labute approximate surface area is 220 Å². The van der Waals surface area contributed by atoms with E-state index in [9.17, 15) is 19.5 Å². The van der Waals surface area contributed by atoms with Gasteiger partial charge in [-0.2, -0.15) is 0 Å². The van der Waals surface area contributed by atoms with Gasteiger partial charge in [-0.15, -0.1) is 24.9 Å². The van der Waals surface area contributed by atoms with Gasteiger partial charge in [0.2, 0.25) is 11.8 Å². The minimum Gasteiger partial charge on any atom is -0.465 e. The van der Waals surface area contributed by atoms with Crippen molar-refractivity contribution >= 4 is 29.5 Å². The van der Waals surface area contributed by atoms with Gasteiger partial charge in [0.1, 0.15) is 6.04 Å². The van der Waals surface area contributed by atoms with Gasteiger partial charge in [-0.05, 0) is 51.4 Å².